The van der Waals surface area contributed by atoms with Gasteiger partial charge in [0.05, 0.1) is 42.1 Å². The molecule has 0 aliphatic carbocycles. The van der Waals surface area contributed by atoms with Crippen LogP contribution in [0.5, 0.6) is 0 Å². The summed E-state index contributed by atoms with van der Waals surface area (Å²) in [6.07, 6.45) is 0. The largest absolute Gasteiger partial charge is 1.00 e. The van der Waals surface area contributed by atoms with E-state index >= 15 is 0 Å². The lowest BCUT2D eigenvalue weighted by atomic mass is 10.3. The number of quaternary nitrogens is 1. The molecule has 0 amide bonds. The number of alkyl halides is 1. The van der Waals surface area contributed by atoms with E-state index in [0.717, 1.165) is 20.1 Å². The van der Waals surface area contributed by atoms with E-state index in [4.69, 9.17) is 0 Å². The lowest BCUT2D eigenvalue weighted by Crippen LogP contribution is -3.00. The Bertz CT molecular complexity index is 595. The minimum atomic E-state index is 0. The number of nitrogens with zero attached hydrogens (tertiary/aromatic N) is 2. The molecule has 0 bridgehead atoms. The molecule has 0 atom stereocenters. The van der Waals surface area contributed by atoms with Crippen LogP contribution in [0.2, 0.25) is 0 Å². The molecule has 7 heteroatoms. The SMILES string of the molecule is Br.C[N+](C)(C)c1ccccc1.Cc1nc(C)c(C(=O)CBr)s1.[Br-]. The van der Waals surface area contributed by atoms with Gasteiger partial charge in [0.25, 0.3) is 0 Å². The normalized spacial score (nSPS) is 9.83. The van der Waals surface area contributed by atoms with Crippen molar-refractivity contribution in [3.05, 3.63) is 45.9 Å². The molecule has 1 heterocycles. The first-order valence-electron chi connectivity index (χ1n) is 6.66. The van der Waals surface area contributed by atoms with Crippen LogP contribution in [0.4, 0.5) is 5.69 Å². The lowest BCUT2D eigenvalue weighted by molar-refractivity contribution is -0.0000127. The molecule has 2 rings (SSSR count). The third kappa shape index (κ3) is 8.54. The molecule has 1 aromatic heterocycles. The Labute approximate surface area is 172 Å². The van der Waals surface area contributed by atoms with Gasteiger partial charge in [0.15, 0.2) is 5.78 Å². The number of rotatable bonds is 3. The smallest absolute Gasteiger partial charge is 0.185 e. The van der Waals surface area contributed by atoms with Crippen LogP contribution < -0.4 is 21.5 Å². The Hall–Kier alpha value is -0.0800. The number of halogens is 3. The van der Waals surface area contributed by atoms with Crippen molar-refractivity contribution in [3.8, 4) is 0 Å². The summed E-state index contributed by atoms with van der Waals surface area (Å²) in [4.78, 5) is 16.1. The number of Topliss-reactive ketones (excluding diaryl/α,β-unsaturated/α-hetero) is 1. The zero-order valence-corrected chi connectivity index (χ0v) is 19.7. The molecule has 0 N–H and O–H groups in total. The van der Waals surface area contributed by atoms with Crippen molar-refractivity contribution in [1.82, 2.24) is 9.47 Å². The third-order valence-corrected chi connectivity index (χ3v) is 4.43. The van der Waals surface area contributed by atoms with Crippen LogP contribution in [-0.4, -0.2) is 37.2 Å². The molecule has 0 saturated heterocycles. The second kappa shape index (κ2) is 11.5. The van der Waals surface area contributed by atoms with Gasteiger partial charge in [-0.25, -0.2) is 4.98 Å². The molecule has 0 aliphatic heterocycles. The molecule has 0 unspecified atom stereocenters. The highest BCUT2D eigenvalue weighted by Crippen LogP contribution is 2.18. The maximum absolute atomic E-state index is 11.2. The van der Waals surface area contributed by atoms with Gasteiger partial charge in [0.1, 0.15) is 5.69 Å². The van der Waals surface area contributed by atoms with Crippen LogP contribution in [0.25, 0.3) is 0 Å². The monoisotopic (exact) mass is 528 g/mol. The van der Waals surface area contributed by atoms with E-state index in [1.54, 1.807) is 0 Å². The minimum absolute atomic E-state index is 0. The van der Waals surface area contributed by atoms with Gasteiger partial charge in [0.2, 0.25) is 0 Å². The highest BCUT2D eigenvalue weighted by Gasteiger charge is 2.11. The van der Waals surface area contributed by atoms with Crippen molar-refractivity contribution in [2.45, 2.75) is 13.8 Å². The van der Waals surface area contributed by atoms with Gasteiger partial charge in [-0.2, -0.15) is 0 Å². The molecule has 0 aliphatic rings. The fourth-order valence-corrected chi connectivity index (χ4v) is 3.05. The van der Waals surface area contributed by atoms with Gasteiger partial charge < -0.3 is 17.0 Å². The van der Waals surface area contributed by atoms with Gasteiger partial charge in [-0.15, -0.1) is 28.3 Å². The summed E-state index contributed by atoms with van der Waals surface area (Å²) < 4.78 is 0.890. The summed E-state index contributed by atoms with van der Waals surface area (Å²) in [6.45, 7) is 3.77. The number of carbonyl (C=O) groups excluding carboxylic acids is 1. The summed E-state index contributed by atoms with van der Waals surface area (Å²) in [7, 11) is 6.49. The standard InChI is InChI=1S/C9H14N.C7H8BrNOS.2BrH/c1-10(2,3)9-7-5-4-6-8-9;1-4-7(6(10)3-8)11-5(2)9-4;;/h4-8H,1-3H3;3H2,1-2H3;2*1H/q+1;;;/p-1. The average molecular weight is 531 g/mol. The predicted molar refractivity (Wildman–Crippen MR) is 106 cm³/mol. The maximum Gasteiger partial charge on any atom is 0.185 e. The Morgan fingerprint density at radius 2 is 1.70 bits per heavy atom. The number of para-hydroxylation sites is 1. The number of aryl methyl sites for hydroxylation is 2. The molecule has 3 nitrogen and oxygen atoms in total. The van der Waals surface area contributed by atoms with Crippen LogP contribution in [0.1, 0.15) is 20.4 Å². The molecule has 0 saturated carbocycles. The Kier molecular flexibility index (Phi) is 12.5. The van der Waals surface area contributed by atoms with Crippen LogP contribution in [0.3, 0.4) is 0 Å². The fourth-order valence-electron chi connectivity index (χ4n) is 1.73. The van der Waals surface area contributed by atoms with Crippen molar-refractivity contribution in [3.63, 3.8) is 0 Å². The Balaban J connectivity index is 0. The van der Waals surface area contributed by atoms with E-state index in [2.05, 4.69) is 66.3 Å². The molecule has 2 aromatic rings. The Morgan fingerprint density at radius 1 is 1.17 bits per heavy atom. The number of benzene rings is 1. The lowest BCUT2D eigenvalue weighted by Gasteiger charge is -2.22. The van der Waals surface area contributed by atoms with E-state index in [9.17, 15) is 4.79 Å². The summed E-state index contributed by atoms with van der Waals surface area (Å²) in [5.41, 5.74) is 2.18. The van der Waals surface area contributed by atoms with E-state index in [-0.39, 0.29) is 39.7 Å². The zero-order valence-electron chi connectivity index (χ0n) is 14.0. The summed E-state index contributed by atoms with van der Waals surface area (Å²) in [6, 6.07) is 10.5. The number of thiazole rings is 1. The first-order valence-corrected chi connectivity index (χ1v) is 8.59. The highest BCUT2D eigenvalue weighted by molar-refractivity contribution is 9.09. The number of hydrogen-bond acceptors (Lipinski definition) is 3. The van der Waals surface area contributed by atoms with Crippen LogP contribution in [-0.2, 0) is 0 Å². The Morgan fingerprint density at radius 3 is 2.00 bits per heavy atom. The van der Waals surface area contributed by atoms with E-state index in [1.165, 1.54) is 17.0 Å². The molecule has 0 spiro atoms. The average Bonchev–Trinajstić information content (AvgIpc) is 2.78. The number of aromatic nitrogens is 1. The zero-order chi connectivity index (χ0) is 16.0. The minimum Gasteiger partial charge on any atom is -1.00 e. The summed E-state index contributed by atoms with van der Waals surface area (Å²) in [5.74, 6) is 0.119. The summed E-state index contributed by atoms with van der Waals surface area (Å²) in [5, 5.41) is 1.34. The summed E-state index contributed by atoms with van der Waals surface area (Å²) >= 11 is 4.58. The fraction of sp³-hybridized carbons (Fsp3) is 0.375. The van der Waals surface area contributed by atoms with Crippen LogP contribution >= 0.6 is 44.2 Å². The van der Waals surface area contributed by atoms with Gasteiger partial charge in [-0.1, -0.05) is 34.1 Å². The number of carbonyl (C=O) groups is 1. The third-order valence-electron chi connectivity index (χ3n) is 2.81. The van der Waals surface area contributed by atoms with Gasteiger partial charge in [-0.3, -0.25) is 9.28 Å². The topological polar surface area (TPSA) is 30.0 Å². The molecular weight excluding hydrogens is 508 g/mol. The predicted octanol–water partition coefficient (Wildman–Crippen LogP) is 1.80. The second-order valence-corrected chi connectivity index (χ2v) is 7.32. The first-order chi connectivity index (χ1) is 9.75. The van der Waals surface area contributed by atoms with Crippen LogP contribution in [0.15, 0.2) is 30.3 Å². The van der Waals surface area contributed by atoms with Gasteiger partial charge in [-0.05, 0) is 26.0 Å². The van der Waals surface area contributed by atoms with Crippen molar-refractivity contribution in [2.75, 3.05) is 26.5 Å². The van der Waals surface area contributed by atoms with Crippen molar-refractivity contribution >= 4 is 55.7 Å². The second-order valence-electron chi connectivity index (χ2n) is 5.55. The molecule has 0 fully saturated rings. The molecule has 1 aromatic carbocycles. The highest BCUT2D eigenvalue weighted by atomic mass is 79.9. The number of hydrogen-bond donors (Lipinski definition) is 0. The van der Waals surface area contributed by atoms with Crippen molar-refractivity contribution in [2.24, 2.45) is 0 Å². The molecule has 23 heavy (non-hydrogen) atoms. The number of ketones is 1. The van der Waals surface area contributed by atoms with Crippen molar-refractivity contribution in [1.29, 1.82) is 0 Å². The van der Waals surface area contributed by atoms with Gasteiger partial charge >= 0.3 is 0 Å². The van der Waals surface area contributed by atoms with Crippen molar-refractivity contribution < 1.29 is 21.8 Å². The van der Waals surface area contributed by atoms with Gasteiger partial charge in [0, 0.05) is 0 Å². The van der Waals surface area contributed by atoms with E-state index in [1.807, 2.05) is 19.9 Å². The van der Waals surface area contributed by atoms with E-state index < -0.39 is 0 Å². The molecule has 130 valence electrons. The quantitative estimate of drug-likeness (QED) is 0.344. The molecular formula is C16H23Br3N2OS. The maximum atomic E-state index is 11.2. The van der Waals surface area contributed by atoms with Crippen LogP contribution in [0, 0.1) is 13.8 Å². The van der Waals surface area contributed by atoms with E-state index in [0.29, 0.717) is 5.33 Å². The first kappa shape index (κ1) is 25.2. The molecule has 0 radical (unpaired) electrons.